The molecule has 0 aliphatic carbocycles. The van der Waals surface area contributed by atoms with E-state index in [9.17, 15) is 0 Å². The molecule has 1 unspecified atom stereocenters. The summed E-state index contributed by atoms with van der Waals surface area (Å²) >= 11 is 6.23. The van der Waals surface area contributed by atoms with Crippen LogP contribution >= 0.6 is 11.6 Å². The minimum atomic E-state index is 0.425. The van der Waals surface area contributed by atoms with Gasteiger partial charge in [0, 0.05) is 19.6 Å². The summed E-state index contributed by atoms with van der Waals surface area (Å²) in [4.78, 5) is 10.9. The minimum Gasteiger partial charge on any atom is -0.357 e. The Hall–Kier alpha value is -1.03. The minimum absolute atomic E-state index is 0.425. The summed E-state index contributed by atoms with van der Waals surface area (Å²) in [6, 6.07) is 0.425. The average Bonchev–Trinajstić information content (AvgIpc) is 2.40. The van der Waals surface area contributed by atoms with E-state index in [4.69, 9.17) is 11.6 Å². The molecule has 0 amide bonds. The largest absolute Gasteiger partial charge is 0.357 e. The molecule has 102 valence electrons. The Morgan fingerprint density at radius 3 is 2.72 bits per heavy atom. The van der Waals surface area contributed by atoms with E-state index in [1.165, 1.54) is 0 Å². The molecule has 1 aromatic rings. The summed E-state index contributed by atoms with van der Waals surface area (Å²) in [5.41, 5.74) is 0. The summed E-state index contributed by atoms with van der Waals surface area (Å²) in [7, 11) is 1.81. The zero-order chi connectivity index (χ0) is 13.5. The highest BCUT2D eigenvalue weighted by Gasteiger charge is 2.17. The molecule has 4 nitrogen and oxygen atoms in total. The van der Waals surface area contributed by atoms with Crippen molar-refractivity contribution in [3.05, 3.63) is 11.2 Å². The van der Waals surface area contributed by atoms with Crippen molar-refractivity contribution in [2.75, 3.05) is 23.8 Å². The molecule has 5 heteroatoms. The SMILES string of the molecule is CCCCN(c1nc(NC)ncc1Cl)C(C)CC. The Kier molecular flexibility index (Phi) is 6.19. The van der Waals surface area contributed by atoms with Crippen molar-refractivity contribution in [2.24, 2.45) is 0 Å². The first kappa shape index (κ1) is 15.0. The highest BCUT2D eigenvalue weighted by molar-refractivity contribution is 6.32. The van der Waals surface area contributed by atoms with Crippen LogP contribution in [0.2, 0.25) is 5.02 Å². The molecule has 1 aromatic heterocycles. The van der Waals surface area contributed by atoms with E-state index < -0.39 is 0 Å². The van der Waals surface area contributed by atoms with Gasteiger partial charge in [-0.2, -0.15) is 4.98 Å². The molecule has 1 heterocycles. The van der Waals surface area contributed by atoms with E-state index in [1.807, 2.05) is 7.05 Å². The van der Waals surface area contributed by atoms with E-state index >= 15 is 0 Å². The topological polar surface area (TPSA) is 41.1 Å². The van der Waals surface area contributed by atoms with Gasteiger partial charge < -0.3 is 10.2 Å². The zero-order valence-corrected chi connectivity index (χ0v) is 12.5. The molecule has 0 saturated carbocycles. The molecule has 0 radical (unpaired) electrons. The lowest BCUT2D eigenvalue weighted by molar-refractivity contribution is 0.589. The van der Waals surface area contributed by atoms with E-state index in [0.717, 1.165) is 31.6 Å². The normalized spacial score (nSPS) is 12.3. The smallest absolute Gasteiger partial charge is 0.224 e. The Labute approximate surface area is 115 Å². The van der Waals surface area contributed by atoms with Crippen LogP contribution < -0.4 is 10.2 Å². The van der Waals surface area contributed by atoms with E-state index in [0.29, 0.717) is 17.0 Å². The van der Waals surface area contributed by atoms with Crippen molar-refractivity contribution in [3.63, 3.8) is 0 Å². The van der Waals surface area contributed by atoms with Gasteiger partial charge >= 0.3 is 0 Å². The number of hydrogen-bond acceptors (Lipinski definition) is 4. The highest BCUT2D eigenvalue weighted by Crippen LogP contribution is 2.26. The van der Waals surface area contributed by atoms with Gasteiger partial charge in [0.2, 0.25) is 5.95 Å². The van der Waals surface area contributed by atoms with Crippen LogP contribution in [0.4, 0.5) is 11.8 Å². The molecule has 0 aliphatic heterocycles. The second kappa shape index (κ2) is 7.41. The van der Waals surface area contributed by atoms with E-state index in [-0.39, 0.29) is 0 Å². The summed E-state index contributed by atoms with van der Waals surface area (Å²) < 4.78 is 0. The average molecular weight is 271 g/mol. The van der Waals surface area contributed by atoms with Crippen LogP contribution in [0.5, 0.6) is 0 Å². The number of unbranched alkanes of at least 4 members (excludes halogenated alkanes) is 1. The lowest BCUT2D eigenvalue weighted by Gasteiger charge is -2.30. The third-order valence-corrected chi connectivity index (χ3v) is 3.36. The van der Waals surface area contributed by atoms with E-state index in [2.05, 4.69) is 41.0 Å². The van der Waals surface area contributed by atoms with Gasteiger partial charge in [-0.1, -0.05) is 31.9 Å². The lowest BCUT2D eigenvalue weighted by Crippen LogP contribution is -2.34. The van der Waals surface area contributed by atoms with Crippen molar-refractivity contribution >= 4 is 23.4 Å². The van der Waals surface area contributed by atoms with Crippen molar-refractivity contribution in [3.8, 4) is 0 Å². The summed E-state index contributed by atoms with van der Waals surface area (Å²) in [6.07, 6.45) is 5.03. The molecule has 0 fully saturated rings. The predicted octanol–water partition coefficient (Wildman–Crippen LogP) is 3.58. The van der Waals surface area contributed by atoms with Crippen LogP contribution in [0.25, 0.3) is 0 Å². The highest BCUT2D eigenvalue weighted by atomic mass is 35.5. The number of aromatic nitrogens is 2. The second-order valence-electron chi connectivity index (χ2n) is 4.42. The Morgan fingerprint density at radius 1 is 1.44 bits per heavy atom. The van der Waals surface area contributed by atoms with Gasteiger partial charge in [-0.15, -0.1) is 0 Å². The van der Waals surface area contributed by atoms with Crippen LogP contribution in [-0.2, 0) is 0 Å². The molecular weight excluding hydrogens is 248 g/mol. The second-order valence-corrected chi connectivity index (χ2v) is 4.83. The molecule has 0 aromatic carbocycles. The number of nitrogens with one attached hydrogen (secondary N) is 1. The van der Waals surface area contributed by atoms with Crippen molar-refractivity contribution in [1.82, 2.24) is 9.97 Å². The van der Waals surface area contributed by atoms with Gasteiger partial charge in [0.05, 0.1) is 6.20 Å². The standard InChI is InChI=1S/C13H23ClN4/c1-5-7-8-18(10(3)6-2)12-11(14)9-16-13(15-4)17-12/h9-10H,5-8H2,1-4H3,(H,15,16,17). The first-order valence-corrected chi connectivity index (χ1v) is 6.98. The third-order valence-electron chi connectivity index (χ3n) is 3.10. The van der Waals surface area contributed by atoms with Crippen LogP contribution in [0, 0.1) is 0 Å². The number of rotatable bonds is 7. The van der Waals surface area contributed by atoms with Gasteiger partial charge in [0.1, 0.15) is 5.02 Å². The Balaban J connectivity index is 3.02. The maximum atomic E-state index is 6.23. The number of hydrogen-bond donors (Lipinski definition) is 1. The van der Waals surface area contributed by atoms with Crippen molar-refractivity contribution in [1.29, 1.82) is 0 Å². The molecule has 18 heavy (non-hydrogen) atoms. The molecule has 1 N–H and O–H groups in total. The molecule has 1 rings (SSSR count). The molecule has 0 saturated heterocycles. The van der Waals surface area contributed by atoms with Gasteiger partial charge in [0.15, 0.2) is 5.82 Å². The van der Waals surface area contributed by atoms with Crippen molar-refractivity contribution < 1.29 is 0 Å². The Morgan fingerprint density at radius 2 is 2.17 bits per heavy atom. The first-order valence-electron chi connectivity index (χ1n) is 6.60. The maximum Gasteiger partial charge on any atom is 0.224 e. The van der Waals surface area contributed by atoms with Crippen LogP contribution in [-0.4, -0.2) is 29.6 Å². The molecule has 0 spiro atoms. The summed E-state index contributed by atoms with van der Waals surface area (Å²) in [6.45, 7) is 7.55. The molecule has 1 atom stereocenters. The number of halogens is 1. The van der Waals surface area contributed by atoms with Crippen molar-refractivity contribution in [2.45, 2.75) is 46.1 Å². The molecule has 0 bridgehead atoms. The van der Waals surface area contributed by atoms with Crippen LogP contribution in [0.1, 0.15) is 40.0 Å². The van der Waals surface area contributed by atoms with Gasteiger partial charge in [0.25, 0.3) is 0 Å². The summed E-state index contributed by atoms with van der Waals surface area (Å²) in [5, 5.41) is 3.57. The number of nitrogens with zero attached hydrogens (tertiary/aromatic N) is 3. The molecule has 0 aliphatic rings. The summed E-state index contributed by atoms with van der Waals surface area (Å²) in [5.74, 6) is 1.44. The van der Waals surface area contributed by atoms with Gasteiger partial charge in [-0.3, -0.25) is 0 Å². The fourth-order valence-electron chi connectivity index (χ4n) is 1.76. The molecular formula is C13H23ClN4. The van der Waals surface area contributed by atoms with E-state index in [1.54, 1.807) is 6.20 Å². The quantitative estimate of drug-likeness (QED) is 0.822. The lowest BCUT2D eigenvalue weighted by atomic mass is 10.2. The Bertz CT molecular complexity index is 370. The van der Waals surface area contributed by atoms with Gasteiger partial charge in [-0.05, 0) is 19.8 Å². The maximum absolute atomic E-state index is 6.23. The van der Waals surface area contributed by atoms with Crippen LogP contribution in [0.3, 0.4) is 0 Å². The first-order chi connectivity index (χ1) is 8.63. The van der Waals surface area contributed by atoms with Gasteiger partial charge in [-0.25, -0.2) is 4.98 Å². The third kappa shape index (κ3) is 3.73. The fourth-order valence-corrected chi connectivity index (χ4v) is 1.96. The zero-order valence-electron chi connectivity index (χ0n) is 11.7. The monoisotopic (exact) mass is 270 g/mol. The van der Waals surface area contributed by atoms with Crippen LogP contribution in [0.15, 0.2) is 6.20 Å². The fraction of sp³-hybridized carbons (Fsp3) is 0.692. The number of anilines is 2. The predicted molar refractivity (Wildman–Crippen MR) is 78.6 cm³/mol.